The molecule has 2 aromatic carbocycles. The van der Waals surface area contributed by atoms with Crippen molar-refractivity contribution in [2.45, 2.75) is 6.61 Å². The van der Waals surface area contributed by atoms with Crippen molar-refractivity contribution in [1.29, 1.82) is 0 Å². The summed E-state index contributed by atoms with van der Waals surface area (Å²) in [5.74, 6) is 0.580. The minimum atomic E-state index is -0.389. The van der Waals surface area contributed by atoms with Crippen LogP contribution >= 0.6 is 0 Å². The number of methoxy groups -OCH3 is 1. The fourth-order valence-corrected chi connectivity index (χ4v) is 2.82. The lowest BCUT2D eigenvalue weighted by Crippen LogP contribution is -2.23. The van der Waals surface area contributed by atoms with Gasteiger partial charge in [-0.05, 0) is 46.8 Å². The van der Waals surface area contributed by atoms with Gasteiger partial charge in [0.1, 0.15) is 18.2 Å². The van der Waals surface area contributed by atoms with Crippen molar-refractivity contribution in [2.75, 3.05) is 7.11 Å². The van der Waals surface area contributed by atoms with Gasteiger partial charge in [0.15, 0.2) is 0 Å². The summed E-state index contributed by atoms with van der Waals surface area (Å²) in [5, 5.41) is 12.0. The molecule has 0 fully saturated rings. The molecule has 0 aliphatic rings. The van der Waals surface area contributed by atoms with E-state index in [1.54, 1.807) is 47.3 Å². The molecule has 4 aromatic rings. The SMILES string of the molecule is COc1cccc(-n2nnn(C)c2=O)c1COc1ccn(-c2ccc(F)cc2)n1. The number of ether oxygens (including phenoxy) is 2. The Morgan fingerprint density at radius 3 is 2.55 bits per heavy atom. The number of aryl methyl sites for hydroxylation is 1. The monoisotopic (exact) mass is 396 g/mol. The highest BCUT2D eigenvalue weighted by Crippen LogP contribution is 2.26. The maximum absolute atomic E-state index is 13.1. The predicted octanol–water partition coefficient (Wildman–Crippen LogP) is 1.88. The molecule has 0 saturated heterocycles. The lowest BCUT2D eigenvalue weighted by atomic mass is 10.1. The van der Waals surface area contributed by atoms with Gasteiger partial charge in [-0.25, -0.2) is 13.9 Å². The van der Waals surface area contributed by atoms with Crippen LogP contribution in [0, 0.1) is 5.82 Å². The Morgan fingerprint density at radius 1 is 1.07 bits per heavy atom. The largest absolute Gasteiger partial charge is 0.496 e. The molecule has 0 saturated carbocycles. The summed E-state index contributed by atoms with van der Waals surface area (Å²) < 4.78 is 28.2. The fraction of sp³-hybridized carbons (Fsp3) is 0.158. The fourth-order valence-electron chi connectivity index (χ4n) is 2.82. The molecule has 0 N–H and O–H groups in total. The first-order valence-corrected chi connectivity index (χ1v) is 8.66. The van der Waals surface area contributed by atoms with Crippen molar-refractivity contribution < 1.29 is 13.9 Å². The van der Waals surface area contributed by atoms with Crippen LogP contribution < -0.4 is 15.2 Å². The van der Waals surface area contributed by atoms with Crippen LogP contribution in [0.2, 0.25) is 0 Å². The molecule has 29 heavy (non-hydrogen) atoms. The standard InChI is InChI=1S/C19H17FN6O3/c1-24-19(27)26(23-22-24)16-4-3-5-17(28-2)15(16)12-29-18-10-11-25(21-18)14-8-6-13(20)7-9-14/h3-11H,12H2,1-2H3. The molecule has 2 aromatic heterocycles. The highest BCUT2D eigenvalue weighted by Gasteiger charge is 2.16. The Hall–Kier alpha value is -3.95. The summed E-state index contributed by atoms with van der Waals surface area (Å²) in [4.78, 5) is 12.3. The molecule has 0 radical (unpaired) electrons. The van der Waals surface area contributed by atoms with E-state index in [9.17, 15) is 9.18 Å². The van der Waals surface area contributed by atoms with Crippen LogP contribution in [-0.4, -0.2) is 36.7 Å². The average molecular weight is 396 g/mol. The number of hydrogen-bond donors (Lipinski definition) is 0. The highest BCUT2D eigenvalue weighted by atomic mass is 19.1. The van der Waals surface area contributed by atoms with Crippen LogP contribution in [0.15, 0.2) is 59.5 Å². The van der Waals surface area contributed by atoms with E-state index in [-0.39, 0.29) is 18.1 Å². The van der Waals surface area contributed by atoms with E-state index in [0.717, 1.165) is 4.68 Å². The third kappa shape index (κ3) is 3.59. The summed E-state index contributed by atoms with van der Waals surface area (Å²) in [6.45, 7) is 0.0861. The molecular weight excluding hydrogens is 379 g/mol. The van der Waals surface area contributed by atoms with Crippen molar-refractivity contribution in [3.05, 3.63) is 76.6 Å². The lowest BCUT2D eigenvalue weighted by molar-refractivity contribution is 0.283. The minimum absolute atomic E-state index is 0.0861. The Kier molecular flexibility index (Phi) is 4.82. The number of halogens is 1. The topological polar surface area (TPSA) is 89.0 Å². The zero-order valence-electron chi connectivity index (χ0n) is 15.7. The first-order chi connectivity index (χ1) is 14.1. The molecule has 0 aliphatic heterocycles. The molecule has 0 atom stereocenters. The van der Waals surface area contributed by atoms with Gasteiger partial charge in [0.2, 0.25) is 5.88 Å². The number of tetrazole rings is 1. The summed E-state index contributed by atoms with van der Waals surface area (Å²) in [6.07, 6.45) is 1.71. The number of hydrogen-bond acceptors (Lipinski definition) is 6. The van der Waals surface area contributed by atoms with Gasteiger partial charge in [-0.2, -0.15) is 9.36 Å². The van der Waals surface area contributed by atoms with Crippen LogP contribution in [-0.2, 0) is 13.7 Å². The molecular formula is C19H17FN6O3. The Bertz CT molecular complexity index is 1200. The second kappa shape index (κ2) is 7.58. The van der Waals surface area contributed by atoms with Gasteiger partial charge in [0, 0.05) is 19.3 Å². The number of benzene rings is 2. The third-order valence-corrected chi connectivity index (χ3v) is 4.30. The Labute approximate surface area is 164 Å². The van der Waals surface area contributed by atoms with Gasteiger partial charge in [0.05, 0.1) is 24.0 Å². The van der Waals surface area contributed by atoms with E-state index in [1.165, 1.54) is 31.0 Å². The molecule has 9 nitrogen and oxygen atoms in total. The van der Waals surface area contributed by atoms with E-state index in [4.69, 9.17) is 9.47 Å². The van der Waals surface area contributed by atoms with Gasteiger partial charge in [-0.1, -0.05) is 6.07 Å². The maximum Gasteiger partial charge on any atom is 0.368 e. The van der Waals surface area contributed by atoms with Gasteiger partial charge < -0.3 is 9.47 Å². The molecule has 148 valence electrons. The van der Waals surface area contributed by atoms with Gasteiger partial charge >= 0.3 is 5.69 Å². The molecule has 0 unspecified atom stereocenters. The van der Waals surface area contributed by atoms with Crippen molar-refractivity contribution in [1.82, 2.24) is 29.6 Å². The number of nitrogens with zero attached hydrogens (tertiary/aromatic N) is 6. The lowest BCUT2D eigenvalue weighted by Gasteiger charge is -2.13. The van der Waals surface area contributed by atoms with Crippen molar-refractivity contribution in [3.8, 4) is 23.0 Å². The zero-order chi connectivity index (χ0) is 20.4. The maximum atomic E-state index is 13.1. The molecule has 0 bridgehead atoms. The summed E-state index contributed by atoms with van der Waals surface area (Å²) in [5.41, 5.74) is 1.43. The van der Waals surface area contributed by atoms with Crippen LogP contribution in [0.25, 0.3) is 11.4 Å². The van der Waals surface area contributed by atoms with Crippen molar-refractivity contribution >= 4 is 0 Å². The van der Waals surface area contributed by atoms with Crippen molar-refractivity contribution in [2.24, 2.45) is 7.05 Å². The average Bonchev–Trinajstić information content (AvgIpc) is 3.34. The normalized spacial score (nSPS) is 10.9. The van der Waals surface area contributed by atoms with Gasteiger partial charge in [-0.15, -0.1) is 5.10 Å². The molecule has 0 aliphatic carbocycles. The second-order valence-corrected chi connectivity index (χ2v) is 6.12. The molecule has 0 spiro atoms. The smallest absolute Gasteiger partial charge is 0.368 e. The first-order valence-electron chi connectivity index (χ1n) is 8.66. The van der Waals surface area contributed by atoms with Crippen LogP contribution in [0.5, 0.6) is 11.6 Å². The quantitative estimate of drug-likeness (QED) is 0.494. The van der Waals surface area contributed by atoms with Crippen LogP contribution in [0.3, 0.4) is 0 Å². The first kappa shape index (κ1) is 18.4. The minimum Gasteiger partial charge on any atom is -0.496 e. The predicted molar refractivity (Wildman–Crippen MR) is 101 cm³/mol. The van der Waals surface area contributed by atoms with E-state index in [1.807, 2.05) is 0 Å². The number of aromatic nitrogens is 6. The Balaban J connectivity index is 1.61. The number of rotatable bonds is 6. The molecule has 4 rings (SSSR count). The Morgan fingerprint density at radius 2 is 1.86 bits per heavy atom. The van der Waals surface area contributed by atoms with Gasteiger partial charge in [0.25, 0.3) is 0 Å². The van der Waals surface area contributed by atoms with Gasteiger partial charge in [-0.3, -0.25) is 0 Å². The third-order valence-electron chi connectivity index (χ3n) is 4.30. The second-order valence-electron chi connectivity index (χ2n) is 6.12. The molecule has 0 amide bonds. The van der Waals surface area contributed by atoms with E-state index >= 15 is 0 Å². The van der Waals surface area contributed by atoms with Crippen LogP contribution in [0.1, 0.15) is 5.56 Å². The zero-order valence-corrected chi connectivity index (χ0v) is 15.7. The van der Waals surface area contributed by atoms with E-state index < -0.39 is 0 Å². The summed E-state index contributed by atoms with van der Waals surface area (Å²) in [6, 6.07) is 12.9. The van der Waals surface area contributed by atoms with E-state index in [0.29, 0.717) is 28.6 Å². The summed E-state index contributed by atoms with van der Waals surface area (Å²) in [7, 11) is 3.05. The highest BCUT2D eigenvalue weighted by molar-refractivity contribution is 5.49. The van der Waals surface area contributed by atoms with Crippen molar-refractivity contribution in [3.63, 3.8) is 0 Å². The molecule has 10 heteroatoms. The molecule has 2 heterocycles. The summed E-state index contributed by atoms with van der Waals surface area (Å²) >= 11 is 0. The van der Waals surface area contributed by atoms with Crippen LogP contribution in [0.4, 0.5) is 4.39 Å². The van der Waals surface area contributed by atoms with E-state index in [2.05, 4.69) is 15.5 Å².